The lowest BCUT2D eigenvalue weighted by Crippen LogP contribution is -1.84. The van der Waals surface area contributed by atoms with Crippen LogP contribution in [-0.2, 0) is 0 Å². The molecule has 5 heteroatoms. The first-order valence-corrected chi connectivity index (χ1v) is 5.98. The number of rotatable bonds is 2. The molecule has 0 unspecified atom stereocenters. The molecule has 3 heterocycles. The predicted octanol–water partition coefficient (Wildman–Crippen LogP) is 3.55. The molecule has 86 valence electrons. The molecular weight excluding hydrogens is 236 g/mol. The molecule has 0 saturated carbocycles. The number of hydrogen-bond donors (Lipinski definition) is 1. The number of nitrogen functional groups attached to an aromatic ring is 1. The Morgan fingerprint density at radius 3 is 2.94 bits per heavy atom. The van der Waals surface area contributed by atoms with Gasteiger partial charge in [-0.05, 0) is 24.4 Å². The zero-order valence-electron chi connectivity index (χ0n) is 9.14. The van der Waals surface area contributed by atoms with E-state index in [-0.39, 0.29) is 0 Å². The van der Waals surface area contributed by atoms with Crippen LogP contribution >= 0.6 is 11.3 Å². The number of anilines is 1. The summed E-state index contributed by atoms with van der Waals surface area (Å²) >= 11 is 1.60. The lowest BCUT2D eigenvalue weighted by molar-refractivity contribution is 0.439. The molecule has 2 N–H and O–H groups in total. The third-order valence-electron chi connectivity index (χ3n) is 2.49. The van der Waals surface area contributed by atoms with Crippen LogP contribution < -0.4 is 5.73 Å². The minimum absolute atomic E-state index is 0.335. The molecule has 0 saturated heterocycles. The topological polar surface area (TPSA) is 65.2 Å². The highest BCUT2D eigenvalue weighted by Gasteiger charge is 2.19. The highest BCUT2D eigenvalue weighted by molar-refractivity contribution is 7.13. The Labute approximate surface area is 102 Å². The fraction of sp³-hybridized carbons (Fsp3) is 0.0833. The van der Waals surface area contributed by atoms with Crippen molar-refractivity contribution in [3.8, 4) is 21.7 Å². The molecule has 3 aromatic heterocycles. The van der Waals surface area contributed by atoms with Crippen LogP contribution in [0.15, 0.2) is 38.8 Å². The largest absolute Gasteiger partial charge is 0.469 e. The van der Waals surface area contributed by atoms with Crippen LogP contribution in [0.3, 0.4) is 0 Å². The third kappa shape index (κ3) is 1.64. The molecule has 0 spiro atoms. The summed E-state index contributed by atoms with van der Waals surface area (Å²) in [5.41, 5.74) is 8.26. The zero-order valence-corrected chi connectivity index (χ0v) is 9.95. The van der Waals surface area contributed by atoms with Crippen molar-refractivity contribution in [3.63, 3.8) is 0 Å². The van der Waals surface area contributed by atoms with Crippen LogP contribution in [0.1, 0.15) is 5.76 Å². The van der Waals surface area contributed by atoms with E-state index in [4.69, 9.17) is 14.7 Å². The maximum atomic E-state index is 5.82. The summed E-state index contributed by atoms with van der Waals surface area (Å²) in [6.07, 6.45) is 1.66. The molecule has 0 aliphatic heterocycles. The van der Waals surface area contributed by atoms with E-state index in [1.807, 2.05) is 30.5 Å². The molecule has 17 heavy (non-hydrogen) atoms. The standard InChI is InChI=1S/C12H10N2O2S/c1-7-5-8(6-15-7)11-10(12(13)16-14-11)9-3-2-4-17-9/h2-6H,13H2,1H3. The van der Waals surface area contributed by atoms with Crippen molar-refractivity contribution in [2.24, 2.45) is 0 Å². The lowest BCUT2D eigenvalue weighted by atomic mass is 10.1. The van der Waals surface area contributed by atoms with Crippen LogP contribution in [0.4, 0.5) is 5.88 Å². The summed E-state index contributed by atoms with van der Waals surface area (Å²) in [6, 6.07) is 5.87. The molecule has 0 aromatic carbocycles. The second-order valence-corrected chi connectivity index (χ2v) is 4.64. The van der Waals surface area contributed by atoms with Crippen LogP contribution in [0.2, 0.25) is 0 Å². The fourth-order valence-electron chi connectivity index (χ4n) is 1.73. The monoisotopic (exact) mass is 246 g/mol. The van der Waals surface area contributed by atoms with Crippen molar-refractivity contribution in [2.75, 3.05) is 5.73 Å². The maximum Gasteiger partial charge on any atom is 0.231 e. The van der Waals surface area contributed by atoms with Gasteiger partial charge in [-0.3, -0.25) is 0 Å². The first kappa shape index (κ1) is 10.2. The van der Waals surface area contributed by atoms with Crippen molar-refractivity contribution < 1.29 is 8.94 Å². The van der Waals surface area contributed by atoms with Gasteiger partial charge in [-0.2, -0.15) is 0 Å². The van der Waals surface area contributed by atoms with Gasteiger partial charge in [-0.15, -0.1) is 11.3 Å². The van der Waals surface area contributed by atoms with E-state index in [9.17, 15) is 0 Å². The maximum absolute atomic E-state index is 5.82. The quantitative estimate of drug-likeness (QED) is 0.750. The Morgan fingerprint density at radius 1 is 1.41 bits per heavy atom. The van der Waals surface area contributed by atoms with Crippen LogP contribution in [0.25, 0.3) is 21.7 Å². The summed E-state index contributed by atoms with van der Waals surface area (Å²) in [5, 5.41) is 5.99. The number of aromatic nitrogens is 1. The van der Waals surface area contributed by atoms with Gasteiger partial charge in [0.1, 0.15) is 17.7 Å². The smallest absolute Gasteiger partial charge is 0.231 e. The number of thiophene rings is 1. The minimum atomic E-state index is 0.335. The van der Waals surface area contributed by atoms with Gasteiger partial charge < -0.3 is 14.7 Å². The molecule has 0 atom stereocenters. The highest BCUT2D eigenvalue weighted by Crippen LogP contribution is 2.38. The van der Waals surface area contributed by atoms with Crippen LogP contribution in [0.5, 0.6) is 0 Å². The van der Waals surface area contributed by atoms with Gasteiger partial charge in [0.05, 0.1) is 5.56 Å². The van der Waals surface area contributed by atoms with E-state index in [1.165, 1.54) is 0 Å². The number of furan rings is 1. The normalized spacial score (nSPS) is 10.9. The lowest BCUT2D eigenvalue weighted by Gasteiger charge is -1.95. The predicted molar refractivity (Wildman–Crippen MR) is 66.7 cm³/mol. The van der Waals surface area contributed by atoms with Gasteiger partial charge in [0.15, 0.2) is 0 Å². The van der Waals surface area contributed by atoms with Gasteiger partial charge in [-0.25, -0.2) is 0 Å². The summed E-state index contributed by atoms with van der Waals surface area (Å²) in [6.45, 7) is 1.89. The fourth-order valence-corrected chi connectivity index (χ4v) is 2.50. The summed E-state index contributed by atoms with van der Waals surface area (Å²) < 4.78 is 10.4. The first-order valence-electron chi connectivity index (χ1n) is 5.10. The van der Waals surface area contributed by atoms with Crippen molar-refractivity contribution >= 4 is 17.2 Å². The molecule has 3 aromatic rings. The Balaban J connectivity index is 2.19. The Hall–Kier alpha value is -2.01. The Bertz CT molecular complexity index is 637. The molecule has 4 nitrogen and oxygen atoms in total. The van der Waals surface area contributed by atoms with E-state index < -0.39 is 0 Å². The number of aryl methyl sites for hydroxylation is 1. The van der Waals surface area contributed by atoms with Crippen LogP contribution in [0, 0.1) is 6.92 Å². The van der Waals surface area contributed by atoms with Crippen molar-refractivity contribution in [1.29, 1.82) is 0 Å². The Kier molecular flexibility index (Phi) is 2.26. The second-order valence-electron chi connectivity index (χ2n) is 3.69. The van der Waals surface area contributed by atoms with E-state index >= 15 is 0 Å². The van der Waals surface area contributed by atoms with E-state index in [2.05, 4.69) is 5.16 Å². The molecule has 0 aliphatic rings. The van der Waals surface area contributed by atoms with Crippen molar-refractivity contribution in [1.82, 2.24) is 5.16 Å². The molecule has 3 rings (SSSR count). The van der Waals surface area contributed by atoms with Gasteiger partial charge >= 0.3 is 0 Å². The molecule has 0 bridgehead atoms. The molecule has 0 amide bonds. The second kappa shape index (κ2) is 3.78. The summed E-state index contributed by atoms with van der Waals surface area (Å²) in [7, 11) is 0. The molecule has 0 radical (unpaired) electrons. The SMILES string of the molecule is Cc1cc(-c2noc(N)c2-c2cccs2)co1. The third-order valence-corrected chi connectivity index (χ3v) is 3.38. The average Bonchev–Trinajstić information content (AvgIpc) is 2.97. The zero-order chi connectivity index (χ0) is 11.8. The van der Waals surface area contributed by atoms with Gasteiger partial charge in [0, 0.05) is 10.4 Å². The number of hydrogen-bond acceptors (Lipinski definition) is 5. The van der Waals surface area contributed by atoms with Crippen LogP contribution in [-0.4, -0.2) is 5.16 Å². The van der Waals surface area contributed by atoms with Gasteiger partial charge in [0.2, 0.25) is 5.88 Å². The number of nitrogens with two attached hydrogens (primary N) is 1. The van der Waals surface area contributed by atoms with E-state index in [0.29, 0.717) is 5.88 Å². The Morgan fingerprint density at radius 2 is 2.29 bits per heavy atom. The molecule has 0 aliphatic carbocycles. The van der Waals surface area contributed by atoms with E-state index in [0.717, 1.165) is 27.5 Å². The van der Waals surface area contributed by atoms with Gasteiger partial charge in [0.25, 0.3) is 0 Å². The number of nitrogens with zero attached hydrogens (tertiary/aromatic N) is 1. The average molecular weight is 246 g/mol. The summed E-state index contributed by atoms with van der Waals surface area (Å²) in [4.78, 5) is 1.04. The van der Waals surface area contributed by atoms with E-state index in [1.54, 1.807) is 17.6 Å². The van der Waals surface area contributed by atoms with Crippen molar-refractivity contribution in [3.05, 3.63) is 35.6 Å². The molecular formula is C12H10N2O2S. The highest BCUT2D eigenvalue weighted by atomic mass is 32.1. The van der Waals surface area contributed by atoms with Crippen molar-refractivity contribution in [2.45, 2.75) is 6.92 Å². The first-order chi connectivity index (χ1) is 8.25. The molecule has 0 fully saturated rings. The minimum Gasteiger partial charge on any atom is -0.469 e. The van der Waals surface area contributed by atoms with Gasteiger partial charge in [-0.1, -0.05) is 11.2 Å². The summed E-state index contributed by atoms with van der Waals surface area (Å²) in [5.74, 6) is 1.17.